The Labute approximate surface area is 176 Å². The molecule has 0 aliphatic carbocycles. The molecule has 1 amide bonds. The van der Waals surface area contributed by atoms with Gasteiger partial charge in [-0.3, -0.25) is 14.5 Å². The highest BCUT2D eigenvalue weighted by atomic mass is 32.1. The summed E-state index contributed by atoms with van der Waals surface area (Å²) in [5.74, 6) is -0.0732. The number of hydrogen-bond donors (Lipinski definition) is 1. The minimum absolute atomic E-state index is 0.0300. The SMILES string of the molecule is CCOC(=O)C1CC[NH+](Cc2csc(N(C(C)=O)c3ccc(C)cc3C)n2)CC1. The van der Waals surface area contributed by atoms with Gasteiger partial charge >= 0.3 is 5.97 Å². The van der Waals surface area contributed by atoms with Crippen LogP contribution in [0.5, 0.6) is 0 Å². The van der Waals surface area contributed by atoms with Crippen molar-refractivity contribution in [3.8, 4) is 0 Å². The Kier molecular flexibility index (Phi) is 7.03. The molecular weight excluding hydrogens is 386 g/mol. The van der Waals surface area contributed by atoms with E-state index in [-0.39, 0.29) is 17.8 Å². The Hall–Kier alpha value is -2.25. The molecule has 0 atom stereocenters. The fraction of sp³-hybridized carbons (Fsp3) is 0.500. The Balaban J connectivity index is 1.67. The highest BCUT2D eigenvalue weighted by Gasteiger charge is 2.29. The second-order valence-electron chi connectivity index (χ2n) is 7.72. The van der Waals surface area contributed by atoms with Crippen LogP contribution in [0.2, 0.25) is 0 Å². The zero-order valence-electron chi connectivity index (χ0n) is 17.7. The molecule has 6 nitrogen and oxygen atoms in total. The van der Waals surface area contributed by atoms with Crippen LogP contribution in [0.15, 0.2) is 23.6 Å². The minimum Gasteiger partial charge on any atom is -0.466 e. The van der Waals surface area contributed by atoms with Crippen molar-refractivity contribution in [2.24, 2.45) is 5.92 Å². The normalized spacial score (nSPS) is 19.0. The minimum atomic E-state index is -0.0620. The Bertz CT molecular complexity index is 872. The number of carbonyl (C=O) groups excluding carboxylic acids is 2. The van der Waals surface area contributed by atoms with Crippen molar-refractivity contribution in [3.63, 3.8) is 0 Å². The number of aryl methyl sites for hydroxylation is 2. The first-order valence-corrected chi connectivity index (χ1v) is 11.1. The summed E-state index contributed by atoms with van der Waals surface area (Å²) < 4.78 is 5.15. The lowest BCUT2D eigenvalue weighted by Gasteiger charge is -2.27. The number of likely N-dealkylation sites (tertiary alicyclic amines) is 1. The highest BCUT2D eigenvalue weighted by Crippen LogP contribution is 2.31. The molecular formula is C22H30N3O3S+. The molecule has 1 aromatic carbocycles. The van der Waals surface area contributed by atoms with Gasteiger partial charge in [0.05, 0.1) is 31.3 Å². The first-order valence-electron chi connectivity index (χ1n) is 10.2. The first-order chi connectivity index (χ1) is 13.9. The number of esters is 1. The number of carbonyl (C=O) groups is 2. The Morgan fingerprint density at radius 2 is 2.00 bits per heavy atom. The highest BCUT2D eigenvalue weighted by molar-refractivity contribution is 7.14. The van der Waals surface area contributed by atoms with Gasteiger partial charge < -0.3 is 9.64 Å². The number of piperidine rings is 1. The molecule has 0 unspecified atom stereocenters. The van der Waals surface area contributed by atoms with Crippen LogP contribution in [0.3, 0.4) is 0 Å². The Morgan fingerprint density at radius 1 is 1.28 bits per heavy atom. The molecule has 1 fully saturated rings. The molecule has 2 aromatic rings. The van der Waals surface area contributed by atoms with Crippen LogP contribution in [-0.2, 0) is 20.9 Å². The standard InChI is InChI=1S/C22H29N3O3S/c1-5-28-21(27)18-8-10-24(11-9-18)13-19-14-29-22(23-19)25(17(4)26)20-7-6-15(2)12-16(20)3/h6-7,12,14,18H,5,8-11,13H2,1-4H3/p+1. The maximum Gasteiger partial charge on any atom is 0.309 e. The van der Waals surface area contributed by atoms with E-state index in [0.717, 1.165) is 49.4 Å². The van der Waals surface area contributed by atoms with Gasteiger partial charge in [-0.1, -0.05) is 17.7 Å². The van der Waals surface area contributed by atoms with Crippen LogP contribution in [-0.4, -0.2) is 36.6 Å². The number of hydrogen-bond acceptors (Lipinski definition) is 5. The van der Waals surface area contributed by atoms with Crippen molar-refractivity contribution >= 4 is 34.0 Å². The average Bonchev–Trinajstić information content (AvgIpc) is 3.12. The summed E-state index contributed by atoms with van der Waals surface area (Å²) in [4.78, 5) is 32.2. The quantitative estimate of drug-likeness (QED) is 0.736. The lowest BCUT2D eigenvalue weighted by atomic mass is 9.97. The molecule has 29 heavy (non-hydrogen) atoms. The van der Waals surface area contributed by atoms with Crippen LogP contribution >= 0.6 is 11.3 Å². The van der Waals surface area contributed by atoms with Gasteiger partial charge in [0, 0.05) is 25.1 Å². The van der Waals surface area contributed by atoms with Crippen LogP contribution in [0.4, 0.5) is 10.8 Å². The largest absolute Gasteiger partial charge is 0.466 e. The van der Waals surface area contributed by atoms with E-state index in [1.54, 1.807) is 11.8 Å². The zero-order valence-corrected chi connectivity index (χ0v) is 18.5. The summed E-state index contributed by atoms with van der Waals surface area (Å²) in [5, 5.41) is 2.75. The summed E-state index contributed by atoms with van der Waals surface area (Å²) in [5.41, 5.74) is 4.10. The maximum absolute atomic E-state index is 12.4. The molecule has 1 aromatic heterocycles. The molecule has 7 heteroatoms. The molecule has 1 saturated heterocycles. The molecule has 1 N–H and O–H groups in total. The molecule has 0 radical (unpaired) electrons. The first kappa shape index (κ1) is 21.5. The lowest BCUT2D eigenvalue weighted by molar-refractivity contribution is -0.919. The number of rotatable bonds is 6. The van der Waals surface area contributed by atoms with Gasteiger partial charge in [-0.05, 0) is 32.4 Å². The number of ether oxygens (including phenoxy) is 1. The molecule has 1 aliphatic rings. The fourth-order valence-electron chi connectivity index (χ4n) is 3.90. The Morgan fingerprint density at radius 3 is 2.62 bits per heavy atom. The van der Waals surface area contributed by atoms with E-state index in [2.05, 4.69) is 6.07 Å². The van der Waals surface area contributed by atoms with Crippen LogP contribution in [0, 0.1) is 19.8 Å². The van der Waals surface area contributed by atoms with E-state index >= 15 is 0 Å². The third-order valence-corrected chi connectivity index (χ3v) is 6.26. The number of thiazole rings is 1. The van der Waals surface area contributed by atoms with Gasteiger partial charge in [0.25, 0.3) is 0 Å². The summed E-state index contributed by atoms with van der Waals surface area (Å²) in [6.45, 7) is 10.6. The number of benzene rings is 1. The number of aromatic nitrogens is 1. The number of anilines is 2. The van der Waals surface area contributed by atoms with Crippen LogP contribution in [0.25, 0.3) is 0 Å². The number of nitrogens with one attached hydrogen (secondary N) is 1. The van der Waals surface area contributed by atoms with Gasteiger partial charge in [-0.25, -0.2) is 4.98 Å². The van der Waals surface area contributed by atoms with Gasteiger partial charge in [-0.15, -0.1) is 11.3 Å². The average molecular weight is 417 g/mol. The summed E-state index contributed by atoms with van der Waals surface area (Å²) >= 11 is 1.50. The zero-order chi connectivity index (χ0) is 21.0. The smallest absolute Gasteiger partial charge is 0.309 e. The van der Waals surface area contributed by atoms with E-state index in [4.69, 9.17) is 9.72 Å². The van der Waals surface area contributed by atoms with Crippen molar-refractivity contribution in [1.82, 2.24) is 4.98 Å². The van der Waals surface area contributed by atoms with Crippen molar-refractivity contribution in [2.75, 3.05) is 24.6 Å². The third-order valence-electron chi connectivity index (χ3n) is 5.38. The van der Waals surface area contributed by atoms with Crippen molar-refractivity contribution in [3.05, 3.63) is 40.4 Å². The topological polar surface area (TPSA) is 63.9 Å². The van der Waals surface area contributed by atoms with Crippen LogP contribution in [0.1, 0.15) is 43.5 Å². The van der Waals surface area contributed by atoms with Crippen molar-refractivity contribution in [2.45, 2.75) is 47.1 Å². The molecule has 2 heterocycles. The van der Waals surface area contributed by atoms with Gasteiger partial charge in [0.15, 0.2) is 5.13 Å². The van der Waals surface area contributed by atoms with E-state index in [9.17, 15) is 9.59 Å². The van der Waals surface area contributed by atoms with E-state index < -0.39 is 0 Å². The summed E-state index contributed by atoms with van der Waals surface area (Å²) in [7, 11) is 0. The monoisotopic (exact) mass is 416 g/mol. The number of nitrogens with zero attached hydrogens (tertiary/aromatic N) is 2. The number of amides is 1. The van der Waals surface area contributed by atoms with E-state index in [0.29, 0.717) is 11.7 Å². The predicted molar refractivity (Wildman–Crippen MR) is 115 cm³/mol. The second-order valence-corrected chi connectivity index (χ2v) is 8.56. The maximum atomic E-state index is 12.4. The summed E-state index contributed by atoms with van der Waals surface area (Å²) in [6, 6.07) is 6.08. The molecule has 0 spiro atoms. The third kappa shape index (κ3) is 5.22. The molecule has 3 rings (SSSR count). The second kappa shape index (κ2) is 9.50. The van der Waals surface area contributed by atoms with Crippen molar-refractivity contribution < 1.29 is 19.2 Å². The van der Waals surface area contributed by atoms with Gasteiger partial charge in [0.1, 0.15) is 12.2 Å². The fourth-order valence-corrected chi connectivity index (χ4v) is 4.78. The van der Waals surface area contributed by atoms with Gasteiger partial charge in [0.2, 0.25) is 5.91 Å². The molecule has 156 valence electrons. The van der Waals surface area contributed by atoms with E-state index in [1.165, 1.54) is 21.8 Å². The lowest BCUT2D eigenvalue weighted by Crippen LogP contribution is -3.11. The van der Waals surface area contributed by atoms with Crippen LogP contribution < -0.4 is 9.80 Å². The summed E-state index contributed by atoms with van der Waals surface area (Å²) in [6.07, 6.45) is 1.71. The predicted octanol–water partition coefficient (Wildman–Crippen LogP) is 2.80. The molecule has 1 aliphatic heterocycles. The van der Waals surface area contributed by atoms with Crippen molar-refractivity contribution in [1.29, 1.82) is 0 Å². The molecule has 0 bridgehead atoms. The van der Waals surface area contributed by atoms with Gasteiger partial charge in [-0.2, -0.15) is 0 Å². The van der Waals surface area contributed by atoms with E-state index in [1.807, 2.05) is 38.3 Å². The molecule has 0 saturated carbocycles. The number of quaternary nitrogens is 1.